The Bertz CT molecular complexity index is 761. The molecule has 1 fully saturated rings. The summed E-state index contributed by atoms with van der Waals surface area (Å²) in [6.07, 6.45) is 2.70. The molecule has 2 aromatic rings. The Balaban J connectivity index is 0.00000261. The Morgan fingerprint density at radius 3 is 2.63 bits per heavy atom. The van der Waals surface area contributed by atoms with E-state index in [1.165, 1.54) is 0 Å². The Morgan fingerprint density at radius 1 is 1.30 bits per heavy atom. The highest BCUT2D eigenvalue weighted by atomic mass is 35.5. The highest BCUT2D eigenvalue weighted by Crippen LogP contribution is 2.23. The largest absolute Gasteiger partial charge is 0.339 e. The number of nitrogens with one attached hydrogen (secondary N) is 1. The van der Waals surface area contributed by atoms with Crippen molar-refractivity contribution in [3.63, 3.8) is 0 Å². The van der Waals surface area contributed by atoms with Crippen LogP contribution in [0.2, 0.25) is 0 Å². The van der Waals surface area contributed by atoms with Crippen molar-refractivity contribution in [2.45, 2.75) is 46.1 Å². The summed E-state index contributed by atoms with van der Waals surface area (Å²) in [5, 5.41) is 7.37. The van der Waals surface area contributed by atoms with Crippen molar-refractivity contribution < 1.29 is 9.32 Å². The van der Waals surface area contributed by atoms with Crippen LogP contribution in [0.1, 0.15) is 49.9 Å². The number of benzene rings is 1. The number of hydrogen-bond donors (Lipinski definition) is 1. The predicted molar refractivity (Wildman–Crippen MR) is 108 cm³/mol. The maximum Gasteiger partial charge on any atom is 0.253 e. The summed E-state index contributed by atoms with van der Waals surface area (Å²) in [5.74, 6) is 1.23. The number of carbonyl (C=O) groups is 1. The molecule has 1 N–H and O–H groups in total. The van der Waals surface area contributed by atoms with Gasteiger partial charge in [-0.3, -0.25) is 4.79 Å². The van der Waals surface area contributed by atoms with Crippen molar-refractivity contribution in [1.82, 2.24) is 20.4 Å². The van der Waals surface area contributed by atoms with Gasteiger partial charge in [0.15, 0.2) is 0 Å². The Kier molecular flexibility index (Phi) is 7.00. The third-order valence-corrected chi connectivity index (χ3v) is 4.71. The van der Waals surface area contributed by atoms with Gasteiger partial charge < -0.3 is 14.7 Å². The number of carbonyl (C=O) groups excluding carboxylic acids is 1. The van der Waals surface area contributed by atoms with Gasteiger partial charge in [-0.05, 0) is 37.4 Å². The summed E-state index contributed by atoms with van der Waals surface area (Å²) in [5.41, 5.74) is 1.57. The maximum absolute atomic E-state index is 12.8. The average molecular weight is 393 g/mol. The van der Waals surface area contributed by atoms with Crippen LogP contribution in [-0.4, -0.2) is 47.1 Å². The van der Waals surface area contributed by atoms with Gasteiger partial charge in [0.25, 0.3) is 5.91 Å². The molecule has 0 radical (unpaired) electrons. The van der Waals surface area contributed by atoms with Crippen LogP contribution < -0.4 is 5.32 Å². The van der Waals surface area contributed by atoms with Crippen LogP contribution in [0.3, 0.4) is 0 Å². The molecule has 1 amide bonds. The van der Waals surface area contributed by atoms with Crippen molar-refractivity contribution in [2.75, 3.05) is 20.1 Å². The molecule has 1 aliphatic rings. The fourth-order valence-electron chi connectivity index (χ4n) is 3.24. The summed E-state index contributed by atoms with van der Waals surface area (Å²) in [6.45, 7) is 7.97. The van der Waals surface area contributed by atoms with Crippen LogP contribution in [0, 0.1) is 5.41 Å². The van der Waals surface area contributed by atoms with Gasteiger partial charge in [-0.15, -0.1) is 12.4 Å². The molecule has 1 aromatic heterocycles. The van der Waals surface area contributed by atoms with E-state index in [-0.39, 0.29) is 23.7 Å². The van der Waals surface area contributed by atoms with E-state index in [1.807, 2.05) is 36.2 Å². The molecule has 0 saturated carbocycles. The van der Waals surface area contributed by atoms with Gasteiger partial charge >= 0.3 is 0 Å². The second-order valence-electron chi connectivity index (χ2n) is 8.19. The van der Waals surface area contributed by atoms with E-state index in [0.717, 1.165) is 37.9 Å². The molecule has 148 valence electrons. The number of amides is 1. The van der Waals surface area contributed by atoms with E-state index in [2.05, 4.69) is 36.2 Å². The van der Waals surface area contributed by atoms with Gasteiger partial charge in [-0.2, -0.15) is 4.98 Å². The van der Waals surface area contributed by atoms with Crippen LogP contribution in [-0.2, 0) is 6.42 Å². The molecule has 2 heterocycles. The van der Waals surface area contributed by atoms with Crippen LogP contribution in [0.15, 0.2) is 28.8 Å². The Hall–Kier alpha value is -1.92. The molecule has 0 bridgehead atoms. The lowest BCUT2D eigenvalue weighted by Crippen LogP contribution is -2.43. The standard InChI is InChI=1S/C20H28N4O2.ClH/c1-20(2,3)13-17-22-18(23-26-17)14-6-5-7-15(12-14)19(25)24-10-8-16(21-4)9-11-24;/h5-7,12,16,21H,8-11,13H2,1-4H3;1H. The predicted octanol–water partition coefficient (Wildman–Crippen LogP) is 3.57. The number of halogens is 1. The zero-order valence-electron chi connectivity index (χ0n) is 16.5. The molecule has 0 atom stereocenters. The van der Waals surface area contributed by atoms with Gasteiger partial charge in [0.05, 0.1) is 0 Å². The molecule has 0 unspecified atom stereocenters. The number of rotatable bonds is 4. The summed E-state index contributed by atoms with van der Waals surface area (Å²) < 4.78 is 5.37. The fourth-order valence-corrected chi connectivity index (χ4v) is 3.24. The van der Waals surface area contributed by atoms with Crippen molar-refractivity contribution in [1.29, 1.82) is 0 Å². The maximum atomic E-state index is 12.8. The summed E-state index contributed by atoms with van der Waals surface area (Å²) in [4.78, 5) is 19.2. The van der Waals surface area contributed by atoms with E-state index in [9.17, 15) is 4.79 Å². The second kappa shape index (κ2) is 8.85. The zero-order valence-corrected chi connectivity index (χ0v) is 17.3. The number of hydrogen-bond acceptors (Lipinski definition) is 5. The molecule has 7 heteroatoms. The van der Waals surface area contributed by atoms with Crippen LogP contribution in [0.4, 0.5) is 0 Å². The summed E-state index contributed by atoms with van der Waals surface area (Å²) in [7, 11) is 1.98. The molecule has 0 aliphatic carbocycles. The lowest BCUT2D eigenvalue weighted by Gasteiger charge is -2.31. The number of aromatic nitrogens is 2. The summed E-state index contributed by atoms with van der Waals surface area (Å²) >= 11 is 0. The molecule has 0 spiro atoms. The molecule has 6 nitrogen and oxygen atoms in total. The molecule has 27 heavy (non-hydrogen) atoms. The lowest BCUT2D eigenvalue weighted by molar-refractivity contribution is 0.0707. The van der Waals surface area contributed by atoms with Gasteiger partial charge in [0.1, 0.15) is 0 Å². The average Bonchev–Trinajstić information content (AvgIpc) is 3.08. The summed E-state index contributed by atoms with van der Waals surface area (Å²) in [6, 6.07) is 8.01. The Labute approximate surface area is 167 Å². The van der Waals surface area contributed by atoms with Crippen LogP contribution >= 0.6 is 12.4 Å². The van der Waals surface area contributed by atoms with Crippen LogP contribution in [0.25, 0.3) is 11.4 Å². The molecule has 1 aromatic carbocycles. The second-order valence-corrected chi connectivity index (χ2v) is 8.19. The highest BCUT2D eigenvalue weighted by Gasteiger charge is 2.23. The molecular formula is C20H29ClN4O2. The van der Waals surface area contributed by atoms with E-state index in [4.69, 9.17) is 4.52 Å². The lowest BCUT2D eigenvalue weighted by atomic mass is 9.92. The minimum atomic E-state index is 0. The zero-order chi connectivity index (χ0) is 18.7. The first-order valence-electron chi connectivity index (χ1n) is 9.25. The van der Waals surface area contributed by atoms with E-state index < -0.39 is 0 Å². The van der Waals surface area contributed by atoms with Gasteiger partial charge in [-0.1, -0.05) is 38.1 Å². The molecule has 1 aliphatic heterocycles. The quantitative estimate of drug-likeness (QED) is 0.861. The normalized spacial score (nSPS) is 15.5. The van der Waals surface area contributed by atoms with Gasteiger partial charge in [0, 0.05) is 36.7 Å². The van der Waals surface area contributed by atoms with Crippen molar-refractivity contribution in [3.8, 4) is 11.4 Å². The van der Waals surface area contributed by atoms with E-state index in [1.54, 1.807) is 0 Å². The molecule has 3 rings (SSSR count). The number of nitrogens with zero attached hydrogens (tertiary/aromatic N) is 3. The van der Waals surface area contributed by atoms with E-state index >= 15 is 0 Å². The Morgan fingerprint density at radius 2 is 2.00 bits per heavy atom. The monoisotopic (exact) mass is 392 g/mol. The van der Waals surface area contributed by atoms with Gasteiger partial charge in [-0.25, -0.2) is 0 Å². The minimum absolute atomic E-state index is 0. The smallest absolute Gasteiger partial charge is 0.253 e. The van der Waals surface area contributed by atoms with Crippen molar-refractivity contribution >= 4 is 18.3 Å². The first kappa shape index (κ1) is 21.4. The number of likely N-dealkylation sites (tertiary alicyclic amines) is 1. The van der Waals surface area contributed by atoms with E-state index in [0.29, 0.717) is 23.3 Å². The van der Waals surface area contributed by atoms with Crippen LogP contribution in [0.5, 0.6) is 0 Å². The third kappa shape index (κ3) is 5.53. The first-order valence-corrected chi connectivity index (χ1v) is 9.25. The molecule has 1 saturated heterocycles. The third-order valence-electron chi connectivity index (χ3n) is 4.71. The minimum Gasteiger partial charge on any atom is -0.339 e. The topological polar surface area (TPSA) is 71.3 Å². The number of piperidine rings is 1. The highest BCUT2D eigenvalue weighted by molar-refractivity contribution is 5.95. The van der Waals surface area contributed by atoms with Gasteiger partial charge in [0.2, 0.25) is 11.7 Å². The fraction of sp³-hybridized carbons (Fsp3) is 0.550. The SMILES string of the molecule is CNC1CCN(C(=O)c2cccc(-c3noc(CC(C)(C)C)n3)c2)CC1.Cl. The first-order chi connectivity index (χ1) is 12.4. The molecular weight excluding hydrogens is 364 g/mol. The van der Waals surface area contributed by atoms with Crippen molar-refractivity contribution in [3.05, 3.63) is 35.7 Å². The van der Waals surface area contributed by atoms with Crippen molar-refractivity contribution in [2.24, 2.45) is 5.41 Å².